The van der Waals surface area contributed by atoms with E-state index in [4.69, 9.17) is 0 Å². The first-order chi connectivity index (χ1) is 15.0. The number of piperazine rings is 1. The fourth-order valence-corrected chi connectivity index (χ4v) is 5.65. The van der Waals surface area contributed by atoms with E-state index in [1.54, 1.807) is 17.0 Å². The maximum atomic E-state index is 13.2. The van der Waals surface area contributed by atoms with Crippen LogP contribution in [0.5, 0.6) is 0 Å². The maximum Gasteiger partial charge on any atom is 0.254 e. The fourth-order valence-electron chi connectivity index (χ4n) is 4.19. The van der Waals surface area contributed by atoms with E-state index in [0.717, 1.165) is 21.5 Å². The van der Waals surface area contributed by atoms with E-state index in [2.05, 4.69) is 0 Å². The normalized spacial score (nSPS) is 15.4. The van der Waals surface area contributed by atoms with Crippen LogP contribution in [0, 0.1) is 0 Å². The zero-order valence-electron chi connectivity index (χ0n) is 16.9. The van der Waals surface area contributed by atoms with Gasteiger partial charge in [-0.25, -0.2) is 8.42 Å². The standard InChI is InChI=1S/C25H22N2O3S/c28-25(24-11-5-9-20-7-3-4-10-23(20)24)26-14-16-27(17-15-26)31(29,30)22-13-12-19-6-1-2-8-21(19)18-22/h1-13,18H,14-17H2. The lowest BCUT2D eigenvalue weighted by atomic mass is 10.0. The van der Waals surface area contributed by atoms with Crippen molar-refractivity contribution < 1.29 is 13.2 Å². The van der Waals surface area contributed by atoms with E-state index in [1.165, 1.54) is 4.31 Å². The number of benzene rings is 4. The molecule has 6 heteroatoms. The Morgan fingerprint density at radius 1 is 0.677 bits per heavy atom. The summed E-state index contributed by atoms with van der Waals surface area (Å²) in [4.78, 5) is 15.2. The van der Waals surface area contributed by atoms with Gasteiger partial charge in [0.25, 0.3) is 5.91 Å². The van der Waals surface area contributed by atoms with Crippen LogP contribution in [0.25, 0.3) is 21.5 Å². The molecule has 31 heavy (non-hydrogen) atoms. The van der Waals surface area contributed by atoms with Crippen molar-refractivity contribution in [2.24, 2.45) is 0 Å². The molecular formula is C25H22N2O3S. The summed E-state index contributed by atoms with van der Waals surface area (Å²) in [5.41, 5.74) is 0.656. The minimum atomic E-state index is -3.61. The Labute approximate surface area is 181 Å². The van der Waals surface area contributed by atoms with Gasteiger partial charge in [-0.1, -0.05) is 66.7 Å². The van der Waals surface area contributed by atoms with Crippen LogP contribution in [-0.4, -0.2) is 49.7 Å². The number of sulfonamides is 1. The number of hydrogen-bond donors (Lipinski definition) is 0. The zero-order valence-corrected chi connectivity index (χ0v) is 17.8. The van der Waals surface area contributed by atoms with Crippen LogP contribution < -0.4 is 0 Å². The van der Waals surface area contributed by atoms with Gasteiger partial charge in [-0.15, -0.1) is 0 Å². The lowest BCUT2D eigenvalue weighted by molar-refractivity contribution is 0.0700. The summed E-state index contributed by atoms with van der Waals surface area (Å²) in [5, 5.41) is 3.84. The van der Waals surface area contributed by atoms with Gasteiger partial charge in [0.15, 0.2) is 0 Å². The summed E-state index contributed by atoms with van der Waals surface area (Å²) in [5.74, 6) is -0.0560. The van der Waals surface area contributed by atoms with Crippen LogP contribution >= 0.6 is 0 Å². The molecule has 4 aromatic rings. The molecular weight excluding hydrogens is 408 g/mol. The number of hydrogen-bond acceptors (Lipinski definition) is 3. The number of fused-ring (bicyclic) bond motifs is 2. The van der Waals surface area contributed by atoms with Gasteiger partial charge >= 0.3 is 0 Å². The quantitative estimate of drug-likeness (QED) is 0.491. The topological polar surface area (TPSA) is 57.7 Å². The van der Waals surface area contributed by atoms with Crippen molar-refractivity contribution in [2.45, 2.75) is 4.90 Å². The largest absolute Gasteiger partial charge is 0.336 e. The van der Waals surface area contributed by atoms with Crippen molar-refractivity contribution in [3.8, 4) is 0 Å². The Morgan fingerprint density at radius 3 is 2.10 bits per heavy atom. The highest BCUT2D eigenvalue weighted by atomic mass is 32.2. The van der Waals surface area contributed by atoms with Crippen LogP contribution in [0.15, 0.2) is 89.8 Å². The molecule has 156 valence electrons. The molecule has 0 saturated carbocycles. The molecule has 5 rings (SSSR count). The van der Waals surface area contributed by atoms with E-state index in [-0.39, 0.29) is 19.0 Å². The minimum Gasteiger partial charge on any atom is -0.336 e. The smallest absolute Gasteiger partial charge is 0.254 e. The van der Waals surface area contributed by atoms with Gasteiger partial charge in [0, 0.05) is 31.7 Å². The Kier molecular flexibility index (Phi) is 4.96. The lowest BCUT2D eigenvalue weighted by Gasteiger charge is -2.34. The fraction of sp³-hybridized carbons (Fsp3) is 0.160. The Bertz CT molecular complexity index is 1390. The highest BCUT2D eigenvalue weighted by molar-refractivity contribution is 7.89. The first-order valence-corrected chi connectivity index (χ1v) is 11.7. The third-order valence-corrected chi connectivity index (χ3v) is 7.80. The van der Waals surface area contributed by atoms with Gasteiger partial charge < -0.3 is 4.90 Å². The lowest BCUT2D eigenvalue weighted by Crippen LogP contribution is -2.50. The Hall–Kier alpha value is -3.22. The SMILES string of the molecule is O=C(c1cccc2ccccc12)N1CCN(S(=O)(=O)c2ccc3ccccc3c2)CC1. The minimum absolute atomic E-state index is 0.0560. The number of nitrogens with zero attached hydrogens (tertiary/aromatic N) is 2. The second kappa shape index (κ2) is 7.80. The molecule has 0 bridgehead atoms. The Morgan fingerprint density at radius 2 is 1.32 bits per heavy atom. The number of carbonyl (C=O) groups is 1. The van der Waals surface area contributed by atoms with E-state index in [1.807, 2.05) is 72.8 Å². The number of amides is 1. The van der Waals surface area contributed by atoms with Gasteiger partial charge in [0.1, 0.15) is 0 Å². The molecule has 0 radical (unpaired) electrons. The molecule has 5 nitrogen and oxygen atoms in total. The maximum absolute atomic E-state index is 13.2. The molecule has 4 aromatic carbocycles. The predicted octanol–water partition coefficient (Wildman–Crippen LogP) is 4.14. The molecule has 0 unspecified atom stereocenters. The molecule has 1 heterocycles. The first-order valence-electron chi connectivity index (χ1n) is 10.3. The second-order valence-corrected chi connectivity index (χ2v) is 9.67. The molecule has 0 atom stereocenters. The second-order valence-electron chi connectivity index (χ2n) is 7.73. The molecule has 1 aliphatic rings. The predicted molar refractivity (Wildman–Crippen MR) is 123 cm³/mol. The van der Waals surface area contributed by atoms with E-state index >= 15 is 0 Å². The van der Waals surface area contributed by atoms with Crippen molar-refractivity contribution in [2.75, 3.05) is 26.2 Å². The van der Waals surface area contributed by atoms with E-state index < -0.39 is 10.0 Å². The monoisotopic (exact) mass is 430 g/mol. The summed E-state index contributed by atoms with van der Waals surface area (Å²) < 4.78 is 27.8. The summed E-state index contributed by atoms with van der Waals surface area (Å²) >= 11 is 0. The van der Waals surface area contributed by atoms with Crippen molar-refractivity contribution in [3.05, 3.63) is 90.5 Å². The molecule has 0 spiro atoms. The number of rotatable bonds is 3. The van der Waals surface area contributed by atoms with Gasteiger partial charge in [-0.05, 0) is 39.7 Å². The van der Waals surface area contributed by atoms with Crippen LogP contribution in [-0.2, 0) is 10.0 Å². The molecule has 1 fully saturated rings. The average Bonchev–Trinajstić information content (AvgIpc) is 2.83. The first kappa shape index (κ1) is 19.7. The summed E-state index contributed by atoms with van der Waals surface area (Å²) in [6, 6.07) is 26.4. The molecule has 1 aliphatic heterocycles. The van der Waals surface area contributed by atoms with Crippen molar-refractivity contribution >= 4 is 37.5 Å². The summed E-state index contributed by atoms with van der Waals surface area (Å²) in [6.45, 7) is 1.31. The van der Waals surface area contributed by atoms with Crippen LogP contribution in [0.3, 0.4) is 0 Å². The van der Waals surface area contributed by atoms with Gasteiger partial charge in [-0.2, -0.15) is 4.31 Å². The summed E-state index contributed by atoms with van der Waals surface area (Å²) in [7, 11) is -3.61. The molecule has 0 N–H and O–H groups in total. The van der Waals surface area contributed by atoms with Crippen molar-refractivity contribution in [3.63, 3.8) is 0 Å². The van der Waals surface area contributed by atoms with Crippen molar-refractivity contribution in [1.82, 2.24) is 9.21 Å². The van der Waals surface area contributed by atoms with E-state index in [0.29, 0.717) is 23.5 Å². The Balaban J connectivity index is 1.35. The third-order valence-electron chi connectivity index (χ3n) is 5.90. The summed E-state index contributed by atoms with van der Waals surface area (Å²) in [6.07, 6.45) is 0. The van der Waals surface area contributed by atoms with Crippen LogP contribution in [0.1, 0.15) is 10.4 Å². The zero-order chi connectivity index (χ0) is 21.4. The molecule has 0 aliphatic carbocycles. The molecule has 1 saturated heterocycles. The van der Waals surface area contributed by atoms with Gasteiger partial charge in [0.2, 0.25) is 10.0 Å². The highest BCUT2D eigenvalue weighted by Gasteiger charge is 2.31. The third kappa shape index (κ3) is 3.58. The number of carbonyl (C=O) groups excluding carboxylic acids is 1. The van der Waals surface area contributed by atoms with E-state index in [9.17, 15) is 13.2 Å². The van der Waals surface area contributed by atoms with Crippen LogP contribution in [0.4, 0.5) is 0 Å². The van der Waals surface area contributed by atoms with Crippen LogP contribution in [0.2, 0.25) is 0 Å². The van der Waals surface area contributed by atoms with Gasteiger partial charge in [0.05, 0.1) is 4.90 Å². The molecule has 0 aromatic heterocycles. The molecule has 1 amide bonds. The van der Waals surface area contributed by atoms with Crippen molar-refractivity contribution in [1.29, 1.82) is 0 Å². The highest BCUT2D eigenvalue weighted by Crippen LogP contribution is 2.24. The average molecular weight is 431 g/mol. The van der Waals surface area contributed by atoms with Gasteiger partial charge in [-0.3, -0.25) is 4.79 Å².